The lowest BCUT2D eigenvalue weighted by Crippen LogP contribution is -2.27. The van der Waals surface area contributed by atoms with Gasteiger partial charge >= 0.3 is 5.97 Å². The molecule has 1 unspecified atom stereocenters. The number of hydrogen-bond donors (Lipinski definition) is 1. The Bertz CT molecular complexity index is 418. The van der Waals surface area contributed by atoms with E-state index in [1.54, 1.807) is 0 Å². The number of thiazole rings is 1. The fourth-order valence-electron chi connectivity index (χ4n) is 1.90. The summed E-state index contributed by atoms with van der Waals surface area (Å²) in [7, 11) is 0. The van der Waals surface area contributed by atoms with Crippen molar-refractivity contribution < 1.29 is 9.90 Å². The molecule has 0 aliphatic heterocycles. The molecule has 19 heavy (non-hydrogen) atoms. The summed E-state index contributed by atoms with van der Waals surface area (Å²) < 4.78 is 0. The van der Waals surface area contributed by atoms with Crippen LogP contribution >= 0.6 is 11.3 Å². The highest BCUT2D eigenvalue weighted by atomic mass is 32.1. The molecule has 1 rings (SSSR count). The number of hydrogen-bond acceptors (Lipinski definition) is 4. The Morgan fingerprint density at radius 2 is 2.11 bits per heavy atom. The van der Waals surface area contributed by atoms with Crippen molar-refractivity contribution in [1.82, 2.24) is 4.98 Å². The van der Waals surface area contributed by atoms with E-state index < -0.39 is 5.97 Å². The third-order valence-corrected chi connectivity index (χ3v) is 4.39. The van der Waals surface area contributed by atoms with E-state index in [9.17, 15) is 9.90 Å². The summed E-state index contributed by atoms with van der Waals surface area (Å²) in [5.74, 6) is -0.265. The SMILES string of the molecule is CCCc1nc(N(CC)CC(C)CC)sc1C(=O)O. The predicted octanol–water partition coefficient (Wildman–Crippen LogP) is 3.67. The Morgan fingerprint density at radius 1 is 1.42 bits per heavy atom. The minimum atomic E-state index is -0.855. The highest BCUT2D eigenvalue weighted by molar-refractivity contribution is 7.17. The predicted molar refractivity (Wildman–Crippen MR) is 80.4 cm³/mol. The summed E-state index contributed by atoms with van der Waals surface area (Å²) in [6.45, 7) is 10.3. The number of aryl methyl sites for hydroxylation is 1. The summed E-state index contributed by atoms with van der Waals surface area (Å²) >= 11 is 1.31. The number of aromatic nitrogens is 1. The van der Waals surface area contributed by atoms with E-state index >= 15 is 0 Å². The summed E-state index contributed by atoms with van der Waals surface area (Å²) in [5, 5.41) is 10.1. The number of rotatable bonds is 8. The molecule has 0 fully saturated rings. The number of carboxylic acids is 1. The second-order valence-corrected chi connectivity index (χ2v) is 5.86. The van der Waals surface area contributed by atoms with Crippen LogP contribution in [0, 0.1) is 5.92 Å². The average molecular weight is 284 g/mol. The molecule has 0 aliphatic carbocycles. The first-order valence-electron chi connectivity index (χ1n) is 7.01. The minimum absolute atomic E-state index is 0.402. The Hall–Kier alpha value is -1.10. The summed E-state index contributed by atoms with van der Waals surface area (Å²) in [5.41, 5.74) is 0.734. The van der Waals surface area contributed by atoms with Crippen molar-refractivity contribution in [3.8, 4) is 0 Å². The standard InChI is InChI=1S/C14H24N2O2S/c1-5-8-11-12(13(17)18)19-14(15-11)16(7-3)9-10(4)6-2/h10H,5-9H2,1-4H3,(H,17,18). The maximum Gasteiger partial charge on any atom is 0.347 e. The van der Waals surface area contributed by atoms with Crippen LogP contribution < -0.4 is 4.90 Å². The fourth-order valence-corrected chi connectivity index (χ4v) is 2.92. The van der Waals surface area contributed by atoms with Gasteiger partial charge in [-0.05, 0) is 19.3 Å². The Balaban J connectivity index is 2.97. The third kappa shape index (κ3) is 4.20. The molecule has 0 amide bonds. The van der Waals surface area contributed by atoms with Gasteiger partial charge in [0.15, 0.2) is 5.13 Å². The van der Waals surface area contributed by atoms with Gasteiger partial charge in [-0.1, -0.05) is 44.9 Å². The van der Waals surface area contributed by atoms with Gasteiger partial charge < -0.3 is 10.0 Å². The van der Waals surface area contributed by atoms with E-state index in [1.807, 2.05) is 6.92 Å². The normalized spacial score (nSPS) is 12.4. The second kappa shape index (κ2) is 7.48. The summed E-state index contributed by atoms with van der Waals surface area (Å²) in [6, 6.07) is 0. The van der Waals surface area contributed by atoms with Crippen LogP contribution in [0.3, 0.4) is 0 Å². The van der Waals surface area contributed by atoms with E-state index in [2.05, 4.69) is 30.7 Å². The minimum Gasteiger partial charge on any atom is -0.477 e. The Morgan fingerprint density at radius 3 is 2.58 bits per heavy atom. The molecular formula is C14H24N2O2S. The number of aromatic carboxylic acids is 1. The lowest BCUT2D eigenvalue weighted by molar-refractivity contribution is 0.0700. The van der Waals surface area contributed by atoms with Crippen molar-refractivity contribution in [1.29, 1.82) is 0 Å². The molecule has 0 saturated heterocycles. The van der Waals surface area contributed by atoms with Crippen LogP contribution in [-0.2, 0) is 6.42 Å². The van der Waals surface area contributed by atoms with Crippen molar-refractivity contribution in [3.05, 3.63) is 10.6 Å². The van der Waals surface area contributed by atoms with Gasteiger partial charge in [-0.25, -0.2) is 9.78 Å². The van der Waals surface area contributed by atoms with Crippen molar-refractivity contribution in [2.24, 2.45) is 5.92 Å². The van der Waals surface area contributed by atoms with Crippen LogP contribution in [0.5, 0.6) is 0 Å². The Labute approximate surface area is 119 Å². The van der Waals surface area contributed by atoms with Gasteiger partial charge in [-0.2, -0.15) is 0 Å². The van der Waals surface area contributed by atoms with Gasteiger partial charge in [0.1, 0.15) is 4.88 Å². The lowest BCUT2D eigenvalue weighted by atomic mass is 10.1. The maximum atomic E-state index is 11.3. The molecule has 5 heteroatoms. The zero-order valence-electron chi connectivity index (χ0n) is 12.3. The van der Waals surface area contributed by atoms with Crippen molar-refractivity contribution >= 4 is 22.4 Å². The molecular weight excluding hydrogens is 260 g/mol. The zero-order chi connectivity index (χ0) is 14.4. The maximum absolute atomic E-state index is 11.3. The molecule has 0 aromatic carbocycles. The van der Waals surface area contributed by atoms with Crippen LogP contribution in [0.2, 0.25) is 0 Å². The first kappa shape index (κ1) is 16.0. The number of nitrogens with zero attached hydrogens (tertiary/aromatic N) is 2. The molecule has 0 saturated carbocycles. The smallest absolute Gasteiger partial charge is 0.347 e. The topological polar surface area (TPSA) is 53.4 Å². The van der Waals surface area contributed by atoms with E-state index in [1.165, 1.54) is 11.3 Å². The highest BCUT2D eigenvalue weighted by Gasteiger charge is 2.20. The first-order chi connectivity index (χ1) is 9.03. The average Bonchev–Trinajstić information content (AvgIpc) is 2.80. The fraction of sp³-hybridized carbons (Fsp3) is 0.714. The van der Waals surface area contributed by atoms with E-state index in [-0.39, 0.29) is 0 Å². The summed E-state index contributed by atoms with van der Waals surface area (Å²) in [4.78, 5) is 18.4. The van der Waals surface area contributed by atoms with Gasteiger partial charge in [-0.15, -0.1) is 0 Å². The van der Waals surface area contributed by atoms with Gasteiger partial charge in [0, 0.05) is 13.1 Å². The van der Waals surface area contributed by atoms with E-state index in [0.29, 0.717) is 10.8 Å². The molecule has 0 spiro atoms. The van der Waals surface area contributed by atoms with Gasteiger partial charge in [0.25, 0.3) is 0 Å². The number of carboxylic acid groups (broad SMARTS) is 1. The van der Waals surface area contributed by atoms with Gasteiger partial charge in [-0.3, -0.25) is 0 Å². The summed E-state index contributed by atoms with van der Waals surface area (Å²) in [6.07, 6.45) is 2.77. The molecule has 1 N–H and O–H groups in total. The molecule has 1 aromatic rings. The van der Waals surface area contributed by atoms with Crippen LogP contribution in [-0.4, -0.2) is 29.1 Å². The molecule has 0 radical (unpaired) electrons. The van der Waals surface area contributed by atoms with E-state index in [0.717, 1.165) is 43.2 Å². The Kier molecular flexibility index (Phi) is 6.28. The van der Waals surface area contributed by atoms with Gasteiger partial charge in [0.2, 0.25) is 0 Å². The molecule has 0 aliphatic rings. The van der Waals surface area contributed by atoms with Crippen molar-refractivity contribution in [2.75, 3.05) is 18.0 Å². The van der Waals surface area contributed by atoms with Crippen LogP contribution in [0.15, 0.2) is 0 Å². The quantitative estimate of drug-likeness (QED) is 0.791. The molecule has 1 atom stereocenters. The lowest BCUT2D eigenvalue weighted by Gasteiger charge is -2.23. The van der Waals surface area contributed by atoms with Crippen LogP contribution in [0.1, 0.15) is 55.9 Å². The second-order valence-electron chi connectivity index (χ2n) is 4.88. The molecule has 1 heterocycles. The number of carbonyl (C=O) groups is 1. The van der Waals surface area contributed by atoms with Crippen molar-refractivity contribution in [3.63, 3.8) is 0 Å². The molecule has 108 valence electrons. The first-order valence-corrected chi connectivity index (χ1v) is 7.82. The number of anilines is 1. The highest BCUT2D eigenvalue weighted by Crippen LogP contribution is 2.28. The monoisotopic (exact) mass is 284 g/mol. The molecule has 0 bridgehead atoms. The van der Waals surface area contributed by atoms with E-state index in [4.69, 9.17) is 0 Å². The third-order valence-electron chi connectivity index (χ3n) is 3.25. The van der Waals surface area contributed by atoms with Gasteiger partial charge in [0.05, 0.1) is 5.69 Å². The van der Waals surface area contributed by atoms with Crippen LogP contribution in [0.25, 0.3) is 0 Å². The van der Waals surface area contributed by atoms with Crippen molar-refractivity contribution in [2.45, 2.75) is 47.0 Å². The zero-order valence-corrected chi connectivity index (χ0v) is 13.1. The van der Waals surface area contributed by atoms with Crippen LogP contribution in [0.4, 0.5) is 5.13 Å². The molecule has 1 aromatic heterocycles. The molecule has 4 nitrogen and oxygen atoms in total. The largest absolute Gasteiger partial charge is 0.477 e.